The molecule has 1 aromatic heterocycles. The van der Waals surface area contributed by atoms with E-state index in [0.29, 0.717) is 11.3 Å². The van der Waals surface area contributed by atoms with Crippen molar-refractivity contribution in [1.29, 1.82) is 5.26 Å². The van der Waals surface area contributed by atoms with Gasteiger partial charge < -0.3 is 5.73 Å². The highest BCUT2D eigenvalue weighted by Crippen LogP contribution is 2.42. The van der Waals surface area contributed by atoms with E-state index in [1.165, 1.54) is 4.57 Å². The fourth-order valence-electron chi connectivity index (χ4n) is 3.37. The summed E-state index contributed by atoms with van der Waals surface area (Å²) in [5.74, 6) is 0.392. The van der Waals surface area contributed by atoms with Gasteiger partial charge in [0.15, 0.2) is 0 Å². The molecule has 1 aliphatic rings. The third kappa shape index (κ3) is 3.02. The Morgan fingerprint density at radius 2 is 1.74 bits per heavy atom. The smallest absolute Gasteiger partial charge is 0.254 e. The van der Waals surface area contributed by atoms with E-state index < -0.39 is 0 Å². The van der Waals surface area contributed by atoms with Crippen LogP contribution in [0.2, 0.25) is 0 Å². The summed E-state index contributed by atoms with van der Waals surface area (Å²) in [6.07, 6.45) is 4.17. The molecule has 0 saturated carbocycles. The zero-order chi connectivity index (χ0) is 19.0. The van der Waals surface area contributed by atoms with Gasteiger partial charge in [-0.1, -0.05) is 48.6 Å². The molecule has 0 spiro atoms. The topological polar surface area (TPSA) is 84.7 Å². The Morgan fingerprint density at radius 3 is 2.41 bits per heavy atom. The van der Waals surface area contributed by atoms with Gasteiger partial charge in [-0.2, -0.15) is 5.26 Å². The summed E-state index contributed by atoms with van der Waals surface area (Å²) in [6, 6.07) is 19.5. The van der Waals surface area contributed by atoms with Crippen molar-refractivity contribution in [2.45, 2.75) is 11.8 Å². The molecule has 2 aromatic carbocycles. The summed E-state index contributed by atoms with van der Waals surface area (Å²) in [5.41, 5.74) is 10.2. The van der Waals surface area contributed by atoms with Crippen LogP contribution in [0.1, 0.15) is 28.7 Å². The van der Waals surface area contributed by atoms with Crippen LogP contribution in [-0.2, 0) is 7.05 Å². The lowest BCUT2D eigenvalue weighted by Gasteiger charge is -2.30. The second-order valence-electron chi connectivity index (χ2n) is 6.69. The first-order valence-corrected chi connectivity index (χ1v) is 8.69. The van der Waals surface area contributed by atoms with Gasteiger partial charge in [0.2, 0.25) is 5.95 Å². The summed E-state index contributed by atoms with van der Waals surface area (Å²) in [5, 5.41) is 9.12. The van der Waals surface area contributed by atoms with Crippen molar-refractivity contribution in [2.24, 2.45) is 7.05 Å². The second kappa shape index (κ2) is 6.58. The Bertz CT molecular complexity index is 1150. The summed E-state index contributed by atoms with van der Waals surface area (Å²) in [6.45, 7) is 0. The molecular weight excluding hydrogens is 336 g/mol. The SMILES string of the molecule is Cn1c(N)nc(C2C=CC2c2cccc(-c3cccc(C#N)c3)c2)cc1=O. The molecule has 5 heteroatoms. The molecule has 5 nitrogen and oxygen atoms in total. The number of hydrogen-bond acceptors (Lipinski definition) is 4. The lowest BCUT2D eigenvalue weighted by molar-refractivity contribution is 0.647. The van der Waals surface area contributed by atoms with Gasteiger partial charge in [0.1, 0.15) is 0 Å². The Hall–Kier alpha value is -3.65. The minimum Gasteiger partial charge on any atom is -0.369 e. The first kappa shape index (κ1) is 16.8. The summed E-state index contributed by atoms with van der Waals surface area (Å²) in [4.78, 5) is 16.4. The highest BCUT2D eigenvalue weighted by Gasteiger charge is 2.29. The van der Waals surface area contributed by atoms with Crippen LogP contribution in [0.5, 0.6) is 0 Å². The number of nitrogens with zero attached hydrogens (tertiary/aromatic N) is 3. The van der Waals surface area contributed by atoms with Crippen LogP contribution in [0, 0.1) is 11.3 Å². The maximum atomic E-state index is 12.0. The number of benzene rings is 2. The number of allylic oxidation sites excluding steroid dienone is 2. The fraction of sp³-hybridized carbons (Fsp3) is 0.136. The van der Waals surface area contributed by atoms with Gasteiger partial charge in [-0.25, -0.2) is 4.98 Å². The molecule has 0 aliphatic heterocycles. The predicted octanol–water partition coefficient (Wildman–Crippen LogP) is 3.34. The highest BCUT2D eigenvalue weighted by atomic mass is 16.1. The summed E-state index contributed by atoms with van der Waals surface area (Å²) >= 11 is 0. The Morgan fingerprint density at radius 1 is 1.04 bits per heavy atom. The van der Waals surface area contributed by atoms with Gasteiger partial charge in [-0.3, -0.25) is 9.36 Å². The van der Waals surface area contributed by atoms with Crippen LogP contribution in [0.25, 0.3) is 11.1 Å². The zero-order valence-corrected chi connectivity index (χ0v) is 14.8. The van der Waals surface area contributed by atoms with Gasteiger partial charge in [0.25, 0.3) is 5.56 Å². The highest BCUT2D eigenvalue weighted by molar-refractivity contribution is 5.66. The van der Waals surface area contributed by atoms with Crippen LogP contribution < -0.4 is 11.3 Å². The number of nitrogens with two attached hydrogens (primary N) is 1. The Labute approximate surface area is 157 Å². The lowest BCUT2D eigenvalue weighted by Crippen LogP contribution is -2.25. The molecule has 0 radical (unpaired) electrons. The monoisotopic (exact) mass is 354 g/mol. The third-order valence-electron chi connectivity index (χ3n) is 5.04. The predicted molar refractivity (Wildman–Crippen MR) is 105 cm³/mol. The second-order valence-corrected chi connectivity index (χ2v) is 6.69. The van der Waals surface area contributed by atoms with E-state index in [2.05, 4.69) is 35.3 Å². The van der Waals surface area contributed by atoms with Crippen molar-refractivity contribution in [3.63, 3.8) is 0 Å². The molecule has 1 heterocycles. The molecular formula is C22H18N4O. The van der Waals surface area contributed by atoms with Crippen molar-refractivity contribution in [3.05, 3.63) is 93.9 Å². The van der Waals surface area contributed by atoms with E-state index in [9.17, 15) is 4.79 Å². The molecule has 132 valence electrons. The number of nitrogen functional groups attached to an aromatic ring is 1. The maximum Gasteiger partial charge on any atom is 0.254 e. The molecule has 3 aromatic rings. The number of hydrogen-bond donors (Lipinski definition) is 1. The number of rotatable bonds is 3. The van der Waals surface area contributed by atoms with Crippen molar-refractivity contribution < 1.29 is 0 Å². The molecule has 27 heavy (non-hydrogen) atoms. The third-order valence-corrected chi connectivity index (χ3v) is 5.04. The van der Waals surface area contributed by atoms with E-state index >= 15 is 0 Å². The molecule has 2 unspecified atom stereocenters. The average Bonchev–Trinajstić information content (AvgIpc) is 2.65. The van der Waals surface area contributed by atoms with Crippen LogP contribution in [0.4, 0.5) is 5.95 Å². The normalized spacial score (nSPS) is 17.9. The van der Waals surface area contributed by atoms with Gasteiger partial charge in [-0.15, -0.1) is 0 Å². The molecule has 4 rings (SSSR count). The number of anilines is 1. The van der Waals surface area contributed by atoms with E-state index in [0.717, 1.165) is 16.7 Å². The van der Waals surface area contributed by atoms with Gasteiger partial charge in [0, 0.05) is 24.9 Å². The minimum atomic E-state index is -0.154. The largest absolute Gasteiger partial charge is 0.369 e. The molecule has 0 saturated heterocycles. The Kier molecular flexibility index (Phi) is 4.09. The molecule has 0 amide bonds. The average molecular weight is 354 g/mol. The van der Waals surface area contributed by atoms with Gasteiger partial charge in [-0.05, 0) is 28.8 Å². The van der Waals surface area contributed by atoms with Crippen molar-refractivity contribution >= 4 is 5.95 Å². The van der Waals surface area contributed by atoms with E-state index in [4.69, 9.17) is 11.0 Å². The van der Waals surface area contributed by atoms with Crippen molar-refractivity contribution in [1.82, 2.24) is 9.55 Å². The van der Waals surface area contributed by atoms with Crippen LogP contribution in [-0.4, -0.2) is 9.55 Å². The molecule has 2 atom stereocenters. The number of nitriles is 1. The molecule has 0 fully saturated rings. The fourth-order valence-corrected chi connectivity index (χ4v) is 3.37. The van der Waals surface area contributed by atoms with Crippen molar-refractivity contribution in [3.8, 4) is 17.2 Å². The van der Waals surface area contributed by atoms with E-state index in [-0.39, 0.29) is 23.3 Å². The quantitative estimate of drug-likeness (QED) is 0.731. The Balaban J connectivity index is 1.68. The summed E-state index contributed by atoms with van der Waals surface area (Å²) in [7, 11) is 1.61. The molecule has 2 N–H and O–H groups in total. The lowest BCUT2D eigenvalue weighted by atomic mass is 9.75. The minimum absolute atomic E-state index is 0.0295. The van der Waals surface area contributed by atoms with Crippen LogP contribution in [0.15, 0.2) is 71.5 Å². The molecule has 1 aliphatic carbocycles. The first-order valence-electron chi connectivity index (χ1n) is 8.69. The summed E-state index contributed by atoms with van der Waals surface area (Å²) < 4.78 is 1.34. The van der Waals surface area contributed by atoms with Gasteiger partial charge in [0.05, 0.1) is 17.3 Å². The number of aromatic nitrogens is 2. The van der Waals surface area contributed by atoms with Crippen molar-refractivity contribution in [2.75, 3.05) is 5.73 Å². The standard InChI is InChI=1S/C22H18N4O/c1-26-21(27)12-20(25-22(26)24)19-9-8-18(19)17-7-3-6-16(11-17)15-5-2-4-14(10-15)13-23/h2-12,18-19H,1H3,(H2,24,25). The first-order chi connectivity index (χ1) is 13.1. The van der Waals surface area contributed by atoms with Crippen LogP contribution in [0.3, 0.4) is 0 Å². The van der Waals surface area contributed by atoms with Crippen LogP contribution >= 0.6 is 0 Å². The zero-order valence-electron chi connectivity index (χ0n) is 14.8. The van der Waals surface area contributed by atoms with E-state index in [1.54, 1.807) is 19.2 Å². The van der Waals surface area contributed by atoms with Gasteiger partial charge >= 0.3 is 0 Å². The molecule has 0 bridgehead atoms. The van der Waals surface area contributed by atoms with E-state index in [1.807, 2.05) is 30.3 Å². The maximum absolute atomic E-state index is 12.0.